The second-order valence-electron chi connectivity index (χ2n) is 6.12. The highest BCUT2D eigenvalue weighted by Crippen LogP contribution is 2.34. The first-order valence-corrected chi connectivity index (χ1v) is 7.82. The summed E-state index contributed by atoms with van der Waals surface area (Å²) >= 11 is 3.59. The van der Waals surface area contributed by atoms with E-state index >= 15 is 0 Å². The lowest BCUT2D eigenvalue weighted by molar-refractivity contribution is 0.411. The van der Waals surface area contributed by atoms with Gasteiger partial charge in [-0.2, -0.15) is 0 Å². The van der Waals surface area contributed by atoms with Crippen LogP contribution in [0.4, 0.5) is 4.39 Å². The lowest BCUT2D eigenvalue weighted by atomic mass is 9.86. The molecule has 0 amide bonds. The summed E-state index contributed by atoms with van der Waals surface area (Å²) in [6.07, 6.45) is 0. The number of halogens is 2. The Balaban J connectivity index is 2.30. The highest BCUT2D eigenvalue weighted by molar-refractivity contribution is 9.09. The van der Waals surface area contributed by atoms with Crippen LogP contribution in [0.3, 0.4) is 0 Å². The van der Waals surface area contributed by atoms with Crippen LogP contribution in [0, 0.1) is 5.82 Å². The van der Waals surface area contributed by atoms with Crippen LogP contribution in [-0.4, -0.2) is 7.11 Å². The van der Waals surface area contributed by atoms with E-state index in [0.29, 0.717) is 11.3 Å². The molecule has 0 spiro atoms. The number of methoxy groups -OCH3 is 1. The molecule has 1 atom stereocenters. The zero-order chi connectivity index (χ0) is 15.6. The lowest BCUT2D eigenvalue weighted by Gasteiger charge is -2.20. The number of alkyl halides is 1. The summed E-state index contributed by atoms with van der Waals surface area (Å²) in [5, 5.41) is 0. The molecule has 0 aliphatic heterocycles. The van der Waals surface area contributed by atoms with Crippen LogP contribution in [0.15, 0.2) is 42.5 Å². The van der Waals surface area contributed by atoms with E-state index in [9.17, 15) is 4.39 Å². The Hall–Kier alpha value is -1.35. The third-order valence-corrected chi connectivity index (χ3v) is 4.57. The molecule has 0 bridgehead atoms. The highest BCUT2D eigenvalue weighted by atomic mass is 79.9. The molecule has 0 saturated heterocycles. The van der Waals surface area contributed by atoms with Crippen molar-refractivity contribution in [2.45, 2.75) is 31.0 Å². The van der Waals surface area contributed by atoms with Crippen LogP contribution in [0.2, 0.25) is 0 Å². The van der Waals surface area contributed by atoms with Crippen LogP contribution in [0.1, 0.15) is 42.3 Å². The third-order valence-electron chi connectivity index (χ3n) is 3.55. The predicted molar refractivity (Wildman–Crippen MR) is 88.9 cm³/mol. The second kappa shape index (κ2) is 6.18. The Kier molecular flexibility index (Phi) is 4.72. The number of rotatable bonds is 3. The van der Waals surface area contributed by atoms with Gasteiger partial charge in [0.15, 0.2) is 0 Å². The Morgan fingerprint density at radius 1 is 1.05 bits per heavy atom. The van der Waals surface area contributed by atoms with E-state index in [1.165, 1.54) is 18.7 Å². The summed E-state index contributed by atoms with van der Waals surface area (Å²) in [6, 6.07) is 13.2. The van der Waals surface area contributed by atoms with Crippen molar-refractivity contribution in [1.29, 1.82) is 0 Å². The number of hydrogen-bond donors (Lipinski definition) is 0. The molecule has 0 aliphatic rings. The summed E-state index contributed by atoms with van der Waals surface area (Å²) in [7, 11) is 1.53. The second-order valence-corrected chi connectivity index (χ2v) is 7.04. The average molecular weight is 351 g/mol. The Labute approximate surface area is 134 Å². The molecule has 0 heterocycles. The molecule has 21 heavy (non-hydrogen) atoms. The van der Waals surface area contributed by atoms with Gasteiger partial charge in [0.1, 0.15) is 11.6 Å². The van der Waals surface area contributed by atoms with E-state index in [1.807, 2.05) is 12.1 Å². The lowest BCUT2D eigenvalue weighted by Crippen LogP contribution is -2.10. The molecular formula is C18H20BrFO. The van der Waals surface area contributed by atoms with E-state index < -0.39 is 0 Å². The van der Waals surface area contributed by atoms with Gasteiger partial charge in [-0.15, -0.1) is 0 Å². The van der Waals surface area contributed by atoms with Crippen molar-refractivity contribution < 1.29 is 9.13 Å². The van der Waals surface area contributed by atoms with Crippen LogP contribution in [-0.2, 0) is 5.41 Å². The number of ether oxygens (including phenoxy) is 1. The SMILES string of the molecule is COc1ccc(C(Br)c2ccc(C(C)(C)C)cc2)c(F)c1. The molecule has 2 aromatic rings. The molecule has 1 nitrogen and oxygen atoms in total. The van der Waals surface area contributed by atoms with Crippen LogP contribution >= 0.6 is 15.9 Å². The molecular weight excluding hydrogens is 331 g/mol. The quantitative estimate of drug-likeness (QED) is 0.653. The van der Waals surface area contributed by atoms with Gasteiger partial charge < -0.3 is 4.74 Å². The maximum atomic E-state index is 14.1. The normalized spacial score (nSPS) is 13.0. The Morgan fingerprint density at radius 2 is 1.67 bits per heavy atom. The maximum absolute atomic E-state index is 14.1. The first-order valence-electron chi connectivity index (χ1n) is 6.91. The zero-order valence-corrected chi connectivity index (χ0v) is 14.4. The van der Waals surface area contributed by atoms with E-state index in [4.69, 9.17) is 4.74 Å². The summed E-state index contributed by atoms with van der Waals surface area (Å²) in [6.45, 7) is 6.53. The first kappa shape index (κ1) is 16.0. The molecule has 0 radical (unpaired) electrons. The van der Waals surface area contributed by atoms with E-state index in [1.54, 1.807) is 12.1 Å². The van der Waals surface area contributed by atoms with Crippen molar-refractivity contribution in [1.82, 2.24) is 0 Å². The van der Waals surface area contributed by atoms with Crippen LogP contribution < -0.4 is 4.74 Å². The number of hydrogen-bond acceptors (Lipinski definition) is 1. The zero-order valence-electron chi connectivity index (χ0n) is 12.8. The molecule has 0 saturated carbocycles. The van der Waals surface area contributed by atoms with Gasteiger partial charge in [-0.3, -0.25) is 0 Å². The molecule has 0 fully saturated rings. The fourth-order valence-electron chi connectivity index (χ4n) is 2.17. The van der Waals surface area contributed by atoms with Gasteiger partial charge in [0.05, 0.1) is 11.9 Å². The molecule has 0 aliphatic carbocycles. The monoisotopic (exact) mass is 350 g/mol. The predicted octanol–water partition coefficient (Wildman–Crippen LogP) is 5.62. The van der Waals surface area contributed by atoms with Crippen molar-refractivity contribution in [3.63, 3.8) is 0 Å². The van der Waals surface area contributed by atoms with Crippen molar-refractivity contribution >= 4 is 15.9 Å². The minimum absolute atomic E-state index is 0.117. The molecule has 2 rings (SSSR count). The molecule has 3 heteroatoms. The first-order chi connectivity index (χ1) is 9.82. The smallest absolute Gasteiger partial charge is 0.131 e. The third kappa shape index (κ3) is 3.65. The van der Waals surface area contributed by atoms with Crippen molar-refractivity contribution in [3.8, 4) is 5.75 Å². The van der Waals surface area contributed by atoms with Gasteiger partial charge in [0.25, 0.3) is 0 Å². The fraction of sp³-hybridized carbons (Fsp3) is 0.333. The van der Waals surface area contributed by atoms with Crippen molar-refractivity contribution in [3.05, 3.63) is 65.0 Å². The highest BCUT2D eigenvalue weighted by Gasteiger charge is 2.17. The molecule has 2 aromatic carbocycles. The standard InChI is InChI=1S/C18H20BrFO/c1-18(2,3)13-7-5-12(6-8-13)17(19)15-10-9-14(21-4)11-16(15)20/h5-11,17H,1-4H3. The summed E-state index contributed by atoms with van der Waals surface area (Å²) in [5.41, 5.74) is 3.03. The van der Waals surface area contributed by atoms with E-state index in [0.717, 1.165) is 5.56 Å². The molecule has 0 aromatic heterocycles. The average Bonchev–Trinajstić information content (AvgIpc) is 2.45. The summed E-state index contributed by atoms with van der Waals surface area (Å²) in [4.78, 5) is -0.169. The molecule has 1 unspecified atom stereocenters. The van der Waals surface area contributed by atoms with Crippen LogP contribution in [0.25, 0.3) is 0 Å². The van der Waals surface area contributed by atoms with Gasteiger partial charge in [0, 0.05) is 11.6 Å². The van der Waals surface area contributed by atoms with Crippen molar-refractivity contribution in [2.75, 3.05) is 7.11 Å². The molecule has 0 N–H and O–H groups in total. The minimum atomic E-state index is -0.267. The van der Waals surface area contributed by atoms with Gasteiger partial charge in [-0.1, -0.05) is 67.0 Å². The minimum Gasteiger partial charge on any atom is -0.497 e. The topological polar surface area (TPSA) is 9.23 Å². The fourth-order valence-corrected chi connectivity index (χ4v) is 2.85. The van der Waals surface area contributed by atoms with Gasteiger partial charge in [-0.25, -0.2) is 4.39 Å². The van der Waals surface area contributed by atoms with Crippen molar-refractivity contribution in [2.24, 2.45) is 0 Å². The largest absolute Gasteiger partial charge is 0.497 e. The Morgan fingerprint density at radius 3 is 2.14 bits per heavy atom. The number of benzene rings is 2. The molecule has 112 valence electrons. The van der Waals surface area contributed by atoms with Gasteiger partial charge in [-0.05, 0) is 22.6 Å². The maximum Gasteiger partial charge on any atom is 0.131 e. The van der Waals surface area contributed by atoms with E-state index in [2.05, 4.69) is 48.8 Å². The summed E-state index contributed by atoms with van der Waals surface area (Å²) in [5.74, 6) is 0.259. The van der Waals surface area contributed by atoms with E-state index in [-0.39, 0.29) is 16.1 Å². The Bertz CT molecular complexity index is 614. The van der Waals surface area contributed by atoms with Gasteiger partial charge >= 0.3 is 0 Å². The van der Waals surface area contributed by atoms with Gasteiger partial charge in [0.2, 0.25) is 0 Å². The van der Waals surface area contributed by atoms with Crippen LogP contribution in [0.5, 0.6) is 5.75 Å². The summed E-state index contributed by atoms with van der Waals surface area (Å²) < 4.78 is 19.2.